The van der Waals surface area contributed by atoms with Crippen molar-refractivity contribution >= 4 is 23.5 Å². The first-order valence-electron chi connectivity index (χ1n) is 4.13. The number of carbonyl (C=O) groups is 1. The fourth-order valence-electron chi connectivity index (χ4n) is 1.30. The van der Waals surface area contributed by atoms with Crippen molar-refractivity contribution in [3.63, 3.8) is 0 Å². The second-order valence-electron chi connectivity index (χ2n) is 2.98. The van der Waals surface area contributed by atoms with E-state index in [4.69, 9.17) is 16.3 Å². The first kappa shape index (κ1) is 9.21. The molecule has 1 fully saturated rings. The molecule has 1 aliphatic heterocycles. The van der Waals surface area contributed by atoms with Crippen molar-refractivity contribution in [2.75, 3.05) is 11.5 Å². The summed E-state index contributed by atoms with van der Waals surface area (Å²) in [6.45, 7) is 2.25. The van der Waals surface area contributed by atoms with Gasteiger partial charge in [-0.1, -0.05) is 0 Å². The van der Waals surface area contributed by atoms with E-state index in [0.29, 0.717) is 12.4 Å². The van der Waals surface area contributed by atoms with Crippen molar-refractivity contribution in [2.24, 2.45) is 0 Å². The Kier molecular flexibility index (Phi) is 2.25. The van der Waals surface area contributed by atoms with Gasteiger partial charge in [-0.2, -0.15) is 0 Å². The van der Waals surface area contributed by atoms with Crippen LogP contribution in [0.25, 0.3) is 0 Å². The number of hydrogen-bond acceptors (Lipinski definition) is 4. The number of nitrogens with zero attached hydrogens (tertiary/aromatic N) is 3. The number of amides is 1. The average molecular weight is 214 g/mol. The predicted octanol–water partition coefficient (Wildman–Crippen LogP) is 1.48. The first-order chi connectivity index (χ1) is 6.68. The van der Waals surface area contributed by atoms with Crippen LogP contribution in [0.5, 0.6) is 0 Å². The smallest absolute Gasteiger partial charge is 0.415 e. The Balaban J connectivity index is 2.34. The molecule has 1 aromatic heterocycles. The third-order valence-corrected chi connectivity index (χ3v) is 2.13. The Bertz CT molecular complexity index is 371. The van der Waals surface area contributed by atoms with Gasteiger partial charge in [0.1, 0.15) is 12.4 Å². The molecule has 14 heavy (non-hydrogen) atoms. The van der Waals surface area contributed by atoms with Crippen LogP contribution in [0.4, 0.5) is 10.6 Å². The zero-order valence-corrected chi connectivity index (χ0v) is 8.23. The molecular formula is C8H8ClN3O2. The summed E-state index contributed by atoms with van der Waals surface area (Å²) >= 11 is 5.62. The van der Waals surface area contributed by atoms with Crippen LogP contribution >= 0.6 is 11.6 Å². The molecule has 6 heteroatoms. The summed E-state index contributed by atoms with van der Waals surface area (Å²) < 4.78 is 4.86. The molecule has 1 aromatic rings. The number of hydrogen-bond donors (Lipinski definition) is 0. The molecule has 2 heterocycles. The maximum Gasteiger partial charge on any atom is 0.415 e. The fraction of sp³-hybridized carbons (Fsp3) is 0.375. The number of ether oxygens (including phenoxy) is 1. The largest absolute Gasteiger partial charge is 0.447 e. The lowest BCUT2D eigenvalue weighted by Gasteiger charge is -2.15. The molecule has 0 N–H and O–H groups in total. The molecular weight excluding hydrogens is 206 g/mol. The van der Waals surface area contributed by atoms with Crippen LogP contribution in [0.3, 0.4) is 0 Å². The van der Waals surface area contributed by atoms with Crippen molar-refractivity contribution in [2.45, 2.75) is 13.0 Å². The van der Waals surface area contributed by atoms with Gasteiger partial charge in [0.2, 0.25) is 5.28 Å². The third-order valence-electron chi connectivity index (χ3n) is 1.94. The summed E-state index contributed by atoms with van der Waals surface area (Å²) in [5.41, 5.74) is 0. The molecule has 1 aliphatic rings. The molecule has 74 valence electrons. The number of rotatable bonds is 1. The minimum absolute atomic E-state index is 0.0199. The van der Waals surface area contributed by atoms with E-state index in [1.54, 1.807) is 6.07 Å². The summed E-state index contributed by atoms with van der Waals surface area (Å²) in [5.74, 6) is 0.472. The molecule has 0 aromatic carbocycles. The van der Waals surface area contributed by atoms with Crippen molar-refractivity contribution in [3.05, 3.63) is 17.5 Å². The minimum Gasteiger partial charge on any atom is -0.447 e. The number of cyclic esters (lactones) is 1. The predicted molar refractivity (Wildman–Crippen MR) is 50.3 cm³/mol. The molecule has 0 saturated carbocycles. The number of halogens is 1. The quantitative estimate of drug-likeness (QED) is 0.663. The number of anilines is 1. The zero-order chi connectivity index (χ0) is 10.1. The lowest BCUT2D eigenvalue weighted by Crippen LogP contribution is -2.31. The van der Waals surface area contributed by atoms with Crippen molar-refractivity contribution in [1.29, 1.82) is 0 Å². The van der Waals surface area contributed by atoms with Gasteiger partial charge in [0, 0.05) is 6.20 Å². The van der Waals surface area contributed by atoms with Gasteiger partial charge in [-0.05, 0) is 24.6 Å². The van der Waals surface area contributed by atoms with E-state index in [2.05, 4.69) is 9.97 Å². The van der Waals surface area contributed by atoms with Crippen LogP contribution in [0.2, 0.25) is 5.28 Å². The Morgan fingerprint density at radius 3 is 3.07 bits per heavy atom. The summed E-state index contributed by atoms with van der Waals surface area (Å²) in [4.78, 5) is 20.4. The van der Waals surface area contributed by atoms with Crippen LogP contribution in [0, 0.1) is 0 Å². The molecule has 2 rings (SSSR count). The minimum atomic E-state index is -0.396. The second kappa shape index (κ2) is 3.42. The maximum absolute atomic E-state index is 11.3. The zero-order valence-electron chi connectivity index (χ0n) is 7.48. The van der Waals surface area contributed by atoms with Gasteiger partial charge in [0.25, 0.3) is 0 Å². The number of aromatic nitrogens is 2. The van der Waals surface area contributed by atoms with Gasteiger partial charge in [-0.15, -0.1) is 0 Å². The normalized spacial score (nSPS) is 21.1. The Morgan fingerprint density at radius 2 is 2.50 bits per heavy atom. The van der Waals surface area contributed by atoms with E-state index in [1.165, 1.54) is 11.1 Å². The Labute approximate surface area is 85.7 Å². The van der Waals surface area contributed by atoms with E-state index >= 15 is 0 Å². The molecule has 1 amide bonds. The SMILES string of the molecule is C[C@@H]1COC(=O)N1c1ccnc(Cl)n1. The van der Waals surface area contributed by atoms with Gasteiger partial charge in [0.05, 0.1) is 6.04 Å². The highest BCUT2D eigenvalue weighted by Gasteiger charge is 2.31. The summed E-state index contributed by atoms with van der Waals surface area (Å²) in [5, 5.41) is 0.120. The van der Waals surface area contributed by atoms with E-state index in [1.807, 2.05) is 6.92 Å². The average Bonchev–Trinajstić information content (AvgIpc) is 2.46. The van der Waals surface area contributed by atoms with Crippen LogP contribution in [0.15, 0.2) is 12.3 Å². The van der Waals surface area contributed by atoms with E-state index < -0.39 is 6.09 Å². The summed E-state index contributed by atoms with van der Waals surface area (Å²) in [6.07, 6.45) is 1.11. The molecule has 1 atom stereocenters. The molecule has 5 nitrogen and oxygen atoms in total. The van der Waals surface area contributed by atoms with Gasteiger partial charge >= 0.3 is 6.09 Å². The number of carbonyl (C=O) groups excluding carboxylic acids is 1. The highest BCUT2D eigenvalue weighted by molar-refractivity contribution is 6.28. The van der Waals surface area contributed by atoms with Gasteiger partial charge < -0.3 is 4.74 Å². The summed E-state index contributed by atoms with van der Waals surface area (Å²) in [7, 11) is 0. The van der Waals surface area contributed by atoms with E-state index in [-0.39, 0.29) is 11.3 Å². The van der Waals surface area contributed by atoms with Gasteiger partial charge in [-0.25, -0.2) is 14.8 Å². The fourth-order valence-corrected chi connectivity index (χ4v) is 1.44. The van der Waals surface area contributed by atoms with Gasteiger partial charge in [-0.3, -0.25) is 4.90 Å². The van der Waals surface area contributed by atoms with Gasteiger partial charge in [0.15, 0.2) is 0 Å². The van der Waals surface area contributed by atoms with Crippen LogP contribution < -0.4 is 4.90 Å². The first-order valence-corrected chi connectivity index (χ1v) is 4.51. The molecule has 0 bridgehead atoms. The van der Waals surface area contributed by atoms with Crippen molar-refractivity contribution in [1.82, 2.24) is 9.97 Å². The van der Waals surface area contributed by atoms with E-state index in [0.717, 1.165) is 0 Å². The van der Waals surface area contributed by atoms with Crippen LogP contribution in [-0.4, -0.2) is 28.7 Å². The van der Waals surface area contributed by atoms with E-state index in [9.17, 15) is 4.79 Å². The third kappa shape index (κ3) is 1.50. The lowest BCUT2D eigenvalue weighted by molar-refractivity contribution is 0.179. The molecule has 0 radical (unpaired) electrons. The highest BCUT2D eigenvalue weighted by Crippen LogP contribution is 2.20. The molecule has 0 spiro atoms. The maximum atomic E-state index is 11.3. The van der Waals surface area contributed by atoms with Crippen molar-refractivity contribution in [3.8, 4) is 0 Å². The molecule has 1 saturated heterocycles. The second-order valence-corrected chi connectivity index (χ2v) is 3.32. The Morgan fingerprint density at radius 1 is 1.71 bits per heavy atom. The summed E-state index contributed by atoms with van der Waals surface area (Å²) in [6, 6.07) is 1.60. The lowest BCUT2D eigenvalue weighted by atomic mass is 10.3. The molecule has 0 aliphatic carbocycles. The topological polar surface area (TPSA) is 55.3 Å². The molecule has 0 unspecified atom stereocenters. The standard InChI is InChI=1S/C8H8ClN3O2/c1-5-4-14-8(13)12(5)6-2-3-10-7(9)11-6/h2-3,5H,4H2,1H3/t5-/m1/s1. The Hall–Kier alpha value is -1.36. The highest BCUT2D eigenvalue weighted by atomic mass is 35.5. The monoisotopic (exact) mass is 213 g/mol. The van der Waals surface area contributed by atoms with Crippen LogP contribution in [-0.2, 0) is 4.74 Å². The van der Waals surface area contributed by atoms with Crippen molar-refractivity contribution < 1.29 is 9.53 Å². The van der Waals surface area contributed by atoms with Crippen LogP contribution in [0.1, 0.15) is 6.92 Å².